The van der Waals surface area contributed by atoms with E-state index in [9.17, 15) is 18.0 Å². The largest absolute Gasteiger partial charge is 0.497 e. The minimum atomic E-state index is -3.71. The van der Waals surface area contributed by atoms with E-state index in [4.69, 9.17) is 9.47 Å². The Kier molecular flexibility index (Phi) is 10.6. The molecule has 0 radical (unpaired) electrons. The molecule has 1 atom stereocenters. The van der Waals surface area contributed by atoms with Gasteiger partial charge in [0, 0.05) is 40.3 Å². The van der Waals surface area contributed by atoms with Crippen LogP contribution in [0.4, 0.5) is 0 Å². The number of nitrogens with zero attached hydrogens (tertiary/aromatic N) is 4. The molecule has 3 rings (SSSR count). The first-order valence-electron chi connectivity index (χ1n) is 13.4. The molecule has 11 heteroatoms. The summed E-state index contributed by atoms with van der Waals surface area (Å²) in [5, 5.41) is 0. The van der Waals surface area contributed by atoms with E-state index in [-0.39, 0.29) is 42.5 Å². The van der Waals surface area contributed by atoms with E-state index in [0.29, 0.717) is 29.3 Å². The summed E-state index contributed by atoms with van der Waals surface area (Å²) in [6.07, 6.45) is 3.78. The standard InChI is InChI=1S/C27H44N4O6S/c1-20-16-23(36-6)17-21(2)26(20)38(34,35)30(5)14-15-37-19-25(32)29(4)18-22-9-12-31(13-10-22)27(33)24-8-7-11-28(24)3/h16-17,22,24H,7-15,18-19H2,1-6H3/t24-/m0/s1. The SMILES string of the molecule is COc1cc(C)c(S(=O)(=O)N(C)CCOCC(=O)N(C)CC2CCN(C(=O)[C@@H]3CCCN3C)CC2)c(C)c1. The maximum atomic E-state index is 13.1. The smallest absolute Gasteiger partial charge is 0.248 e. The first kappa shape index (κ1) is 30.3. The number of hydrogen-bond donors (Lipinski definition) is 0. The second kappa shape index (κ2) is 13.2. The summed E-state index contributed by atoms with van der Waals surface area (Å²) in [5.74, 6) is 1.07. The summed E-state index contributed by atoms with van der Waals surface area (Å²) in [4.78, 5) is 31.5. The molecule has 1 aromatic rings. The summed E-state index contributed by atoms with van der Waals surface area (Å²) in [6.45, 7) is 6.71. The lowest BCUT2D eigenvalue weighted by atomic mass is 9.95. The van der Waals surface area contributed by atoms with Crippen LogP contribution in [0.5, 0.6) is 5.75 Å². The Hall–Kier alpha value is -2.21. The van der Waals surface area contributed by atoms with Gasteiger partial charge in [-0.1, -0.05) is 0 Å². The van der Waals surface area contributed by atoms with Crippen LogP contribution in [-0.2, 0) is 24.3 Å². The molecule has 1 aromatic carbocycles. The normalized spacial score (nSPS) is 19.2. The second-order valence-electron chi connectivity index (χ2n) is 10.7. The lowest BCUT2D eigenvalue weighted by Gasteiger charge is -2.36. The summed E-state index contributed by atoms with van der Waals surface area (Å²) >= 11 is 0. The van der Waals surface area contributed by atoms with Crippen LogP contribution in [0.1, 0.15) is 36.8 Å². The number of likely N-dealkylation sites (tertiary alicyclic amines) is 2. The monoisotopic (exact) mass is 552 g/mol. The van der Waals surface area contributed by atoms with Gasteiger partial charge in [0.25, 0.3) is 0 Å². The van der Waals surface area contributed by atoms with Crippen molar-refractivity contribution in [2.24, 2.45) is 5.92 Å². The van der Waals surface area contributed by atoms with Crippen LogP contribution in [0.25, 0.3) is 0 Å². The van der Waals surface area contributed by atoms with Crippen LogP contribution < -0.4 is 4.74 Å². The van der Waals surface area contributed by atoms with Crippen molar-refractivity contribution in [2.45, 2.75) is 50.5 Å². The minimum Gasteiger partial charge on any atom is -0.497 e. The Morgan fingerprint density at radius 3 is 2.24 bits per heavy atom. The zero-order valence-corrected chi connectivity index (χ0v) is 24.6. The van der Waals surface area contributed by atoms with E-state index in [1.165, 1.54) is 11.4 Å². The quantitative estimate of drug-likeness (QED) is 0.386. The lowest BCUT2D eigenvalue weighted by Crippen LogP contribution is -2.48. The number of piperidine rings is 1. The van der Waals surface area contributed by atoms with Gasteiger partial charge in [-0.3, -0.25) is 14.5 Å². The Morgan fingerprint density at radius 1 is 1.05 bits per heavy atom. The average molecular weight is 553 g/mol. The number of benzene rings is 1. The van der Waals surface area contributed by atoms with Gasteiger partial charge in [0.2, 0.25) is 21.8 Å². The molecule has 214 valence electrons. The molecule has 0 aliphatic carbocycles. The number of hydrogen-bond acceptors (Lipinski definition) is 7. The van der Waals surface area contributed by atoms with Crippen molar-refractivity contribution in [1.29, 1.82) is 0 Å². The van der Waals surface area contributed by atoms with Crippen molar-refractivity contribution in [1.82, 2.24) is 19.0 Å². The van der Waals surface area contributed by atoms with Crippen LogP contribution >= 0.6 is 0 Å². The van der Waals surface area contributed by atoms with Crippen molar-refractivity contribution < 1.29 is 27.5 Å². The fourth-order valence-corrected chi connectivity index (χ4v) is 6.99. The number of amides is 2. The molecule has 2 amide bonds. The number of likely N-dealkylation sites (N-methyl/N-ethyl adjacent to an activating group) is 3. The molecular formula is C27H44N4O6S. The Labute approximate surface area is 227 Å². The van der Waals surface area contributed by atoms with Gasteiger partial charge in [-0.05, 0) is 82.3 Å². The molecule has 0 N–H and O–H groups in total. The second-order valence-corrected chi connectivity index (χ2v) is 12.6. The third-order valence-corrected chi connectivity index (χ3v) is 9.97. The van der Waals surface area contributed by atoms with Gasteiger partial charge in [-0.15, -0.1) is 0 Å². The number of rotatable bonds is 11. The van der Waals surface area contributed by atoms with Crippen molar-refractivity contribution in [3.8, 4) is 5.75 Å². The molecule has 2 fully saturated rings. The van der Waals surface area contributed by atoms with Crippen LogP contribution in [-0.4, -0.2) is 119 Å². The molecule has 0 bridgehead atoms. The molecule has 0 spiro atoms. The van der Waals surface area contributed by atoms with E-state index in [1.54, 1.807) is 45.0 Å². The number of sulfonamides is 1. The molecular weight excluding hydrogens is 508 g/mol. The van der Waals surface area contributed by atoms with Gasteiger partial charge in [-0.25, -0.2) is 8.42 Å². The molecule has 0 aromatic heterocycles. The summed E-state index contributed by atoms with van der Waals surface area (Å²) < 4.78 is 38.3. The Balaban J connectivity index is 1.39. The van der Waals surface area contributed by atoms with Gasteiger partial charge >= 0.3 is 0 Å². The highest BCUT2D eigenvalue weighted by atomic mass is 32.2. The zero-order chi connectivity index (χ0) is 28.0. The lowest BCUT2D eigenvalue weighted by molar-refractivity contribution is -0.139. The minimum absolute atomic E-state index is 0.0197. The molecule has 2 saturated heterocycles. The number of aryl methyl sites for hydroxylation is 2. The maximum absolute atomic E-state index is 13.1. The number of ether oxygens (including phenoxy) is 2. The van der Waals surface area contributed by atoms with Crippen molar-refractivity contribution in [2.75, 3.05) is 74.2 Å². The van der Waals surface area contributed by atoms with Gasteiger partial charge in [0.1, 0.15) is 12.4 Å². The van der Waals surface area contributed by atoms with E-state index in [1.807, 2.05) is 11.9 Å². The first-order chi connectivity index (χ1) is 17.9. The fourth-order valence-electron chi connectivity index (χ4n) is 5.43. The predicted molar refractivity (Wildman–Crippen MR) is 146 cm³/mol. The third kappa shape index (κ3) is 7.25. The average Bonchev–Trinajstić information content (AvgIpc) is 3.31. The molecule has 0 unspecified atom stereocenters. The molecule has 10 nitrogen and oxygen atoms in total. The predicted octanol–water partition coefficient (Wildman–Crippen LogP) is 1.74. The van der Waals surface area contributed by atoms with E-state index in [0.717, 1.165) is 45.3 Å². The highest BCUT2D eigenvalue weighted by molar-refractivity contribution is 7.89. The van der Waals surface area contributed by atoms with Gasteiger partial charge in [-0.2, -0.15) is 4.31 Å². The van der Waals surface area contributed by atoms with Gasteiger partial charge in [0.05, 0.1) is 24.7 Å². The van der Waals surface area contributed by atoms with Crippen molar-refractivity contribution in [3.05, 3.63) is 23.3 Å². The van der Waals surface area contributed by atoms with Crippen LogP contribution in [0.2, 0.25) is 0 Å². The van der Waals surface area contributed by atoms with Gasteiger partial charge in [0.15, 0.2) is 0 Å². The topological polar surface area (TPSA) is 99.7 Å². The third-order valence-electron chi connectivity index (χ3n) is 7.80. The van der Waals surface area contributed by atoms with Crippen LogP contribution in [0, 0.1) is 19.8 Å². The number of carbonyl (C=O) groups excluding carboxylic acids is 2. The first-order valence-corrected chi connectivity index (χ1v) is 14.8. The van der Waals surface area contributed by atoms with E-state index in [2.05, 4.69) is 4.90 Å². The number of methoxy groups -OCH3 is 1. The highest BCUT2D eigenvalue weighted by Gasteiger charge is 2.33. The molecule has 2 aliphatic rings. The molecule has 2 aliphatic heterocycles. The fraction of sp³-hybridized carbons (Fsp3) is 0.704. The van der Waals surface area contributed by atoms with Crippen LogP contribution in [0.15, 0.2) is 17.0 Å². The zero-order valence-electron chi connectivity index (χ0n) is 23.7. The van der Waals surface area contributed by atoms with E-state index < -0.39 is 10.0 Å². The Bertz CT molecular complexity index is 1060. The summed E-state index contributed by atoms with van der Waals surface area (Å²) in [6, 6.07) is 3.43. The molecule has 2 heterocycles. The van der Waals surface area contributed by atoms with Crippen molar-refractivity contribution >= 4 is 21.8 Å². The number of carbonyl (C=O) groups is 2. The summed E-state index contributed by atoms with van der Waals surface area (Å²) in [5.41, 5.74) is 1.24. The molecule has 38 heavy (non-hydrogen) atoms. The summed E-state index contributed by atoms with van der Waals surface area (Å²) in [7, 11) is 3.14. The highest BCUT2D eigenvalue weighted by Crippen LogP contribution is 2.28. The maximum Gasteiger partial charge on any atom is 0.248 e. The molecule has 0 saturated carbocycles. The Morgan fingerprint density at radius 2 is 1.68 bits per heavy atom. The van der Waals surface area contributed by atoms with Gasteiger partial charge < -0.3 is 19.3 Å². The van der Waals surface area contributed by atoms with Crippen molar-refractivity contribution in [3.63, 3.8) is 0 Å². The van der Waals surface area contributed by atoms with E-state index >= 15 is 0 Å². The van der Waals surface area contributed by atoms with Crippen LogP contribution in [0.3, 0.4) is 0 Å².